The summed E-state index contributed by atoms with van der Waals surface area (Å²) in [5.41, 5.74) is 0. The third kappa shape index (κ3) is 2.97. The van der Waals surface area contributed by atoms with Gasteiger partial charge in [-0.05, 0) is 20.3 Å². The maximum absolute atomic E-state index is 12.3. The number of rotatable bonds is 1. The molecule has 3 atom stereocenters. The summed E-state index contributed by atoms with van der Waals surface area (Å²) < 4.78 is 0. The lowest BCUT2D eigenvalue weighted by atomic mass is 9.95. The Morgan fingerprint density at radius 2 is 1.94 bits per heavy atom. The van der Waals surface area contributed by atoms with Crippen LogP contribution in [0.1, 0.15) is 26.7 Å². The molecule has 2 saturated heterocycles. The normalized spacial score (nSPS) is 34.4. The Hall–Kier alpha value is -1.10. The number of hydrogen-bond acceptors (Lipinski definition) is 3. The molecule has 5 nitrogen and oxygen atoms in total. The monoisotopic (exact) mass is 239 g/mol. The molecule has 0 saturated carbocycles. The smallest absolute Gasteiger partial charge is 0.226 e. The van der Waals surface area contributed by atoms with Gasteiger partial charge in [0.25, 0.3) is 0 Å². The quantitative estimate of drug-likeness (QED) is 0.661. The van der Waals surface area contributed by atoms with Crippen LogP contribution in [0.15, 0.2) is 0 Å². The molecule has 96 valence electrons. The van der Waals surface area contributed by atoms with Gasteiger partial charge < -0.3 is 15.5 Å². The highest BCUT2D eigenvalue weighted by Crippen LogP contribution is 2.17. The van der Waals surface area contributed by atoms with Crippen molar-refractivity contribution in [2.45, 2.75) is 38.8 Å². The molecular weight excluding hydrogens is 218 g/mol. The molecule has 17 heavy (non-hydrogen) atoms. The Bertz CT molecular complexity index is 309. The van der Waals surface area contributed by atoms with E-state index in [1.807, 2.05) is 4.90 Å². The van der Waals surface area contributed by atoms with Crippen LogP contribution in [0.25, 0.3) is 0 Å². The lowest BCUT2D eigenvalue weighted by molar-refractivity contribution is -0.141. The first-order chi connectivity index (χ1) is 8.06. The van der Waals surface area contributed by atoms with Gasteiger partial charge in [-0.3, -0.25) is 9.59 Å². The number of nitrogens with one attached hydrogen (secondary N) is 2. The highest BCUT2D eigenvalue weighted by molar-refractivity contribution is 5.87. The van der Waals surface area contributed by atoms with E-state index in [0.29, 0.717) is 25.0 Å². The van der Waals surface area contributed by atoms with Crippen LogP contribution in [0.2, 0.25) is 0 Å². The highest BCUT2D eigenvalue weighted by Gasteiger charge is 2.32. The summed E-state index contributed by atoms with van der Waals surface area (Å²) in [5.74, 6) is 0.0483. The zero-order valence-corrected chi connectivity index (χ0v) is 10.5. The largest absolute Gasteiger partial charge is 0.356 e. The molecule has 2 rings (SSSR count). The summed E-state index contributed by atoms with van der Waals surface area (Å²) in [4.78, 5) is 25.5. The minimum atomic E-state index is -0.110. The van der Waals surface area contributed by atoms with Crippen molar-refractivity contribution in [1.82, 2.24) is 15.5 Å². The molecule has 0 unspecified atom stereocenters. The third-order valence-corrected chi connectivity index (χ3v) is 3.47. The summed E-state index contributed by atoms with van der Waals surface area (Å²) in [5, 5.41) is 6.17. The Balaban J connectivity index is 1.96. The minimum Gasteiger partial charge on any atom is -0.356 e. The van der Waals surface area contributed by atoms with Crippen LogP contribution >= 0.6 is 0 Å². The van der Waals surface area contributed by atoms with Crippen molar-refractivity contribution in [3.05, 3.63) is 0 Å². The predicted octanol–water partition coefficient (Wildman–Crippen LogP) is -0.279. The molecule has 2 amide bonds. The lowest BCUT2D eigenvalue weighted by Gasteiger charge is -2.38. The van der Waals surface area contributed by atoms with Crippen LogP contribution in [0.4, 0.5) is 0 Å². The van der Waals surface area contributed by atoms with Crippen molar-refractivity contribution in [1.29, 1.82) is 0 Å². The second-order valence-corrected chi connectivity index (χ2v) is 5.25. The summed E-state index contributed by atoms with van der Waals surface area (Å²) in [6, 6.07) is 0.667. The fourth-order valence-corrected chi connectivity index (χ4v) is 2.76. The molecule has 0 spiro atoms. The first-order valence-electron chi connectivity index (χ1n) is 6.38. The number of hydrogen-bond donors (Lipinski definition) is 2. The minimum absolute atomic E-state index is 0.00540. The number of piperidine rings is 1. The lowest BCUT2D eigenvalue weighted by Crippen LogP contribution is -2.57. The van der Waals surface area contributed by atoms with E-state index in [4.69, 9.17) is 0 Å². The molecule has 2 heterocycles. The van der Waals surface area contributed by atoms with Crippen molar-refractivity contribution in [2.24, 2.45) is 5.92 Å². The number of carbonyl (C=O) groups excluding carboxylic acids is 2. The van der Waals surface area contributed by atoms with Gasteiger partial charge in [-0.15, -0.1) is 0 Å². The molecule has 2 fully saturated rings. The van der Waals surface area contributed by atoms with E-state index in [2.05, 4.69) is 24.5 Å². The van der Waals surface area contributed by atoms with Gasteiger partial charge in [-0.25, -0.2) is 0 Å². The molecule has 0 aliphatic carbocycles. The van der Waals surface area contributed by atoms with Crippen molar-refractivity contribution in [3.8, 4) is 0 Å². The number of nitrogens with zero attached hydrogens (tertiary/aromatic N) is 1. The van der Waals surface area contributed by atoms with Gasteiger partial charge >= 0.3 is 0 Å². The maximum Gasteiger partial charge on any atom is 0.226 e. The van der Waals surface area contributed by atoms with Gasteiger partial charge in [0.05, 0.1) is 0 Å². The average Bonchev–Trinajstić information content (AvgIpc) is 2.26. The van der Waals surface area contributed by atoms with Crippen molar-refractivity contribution in [3.63, 3.8) is 0 Å². The van der Waals surface area contributed by atoms with Crippen LogP contribution in [-0.2, 0) is 9.59 Å². The van der Waals surface area contributed by atoms with Crippen LogP contribution < -0.4 is 10.6 Å². The zero-order chi connectivity index (χ0) is 12.4. The first kappa shape index (κ1) is 12.4. The third-order valence-electron chi connectivity index (χ3n) is 3.47. The fourth-order valence-electron chi connectivity index (χ4n) is 2.76. The molecule has 0 aromatic carbocycles. The number of amides is 2. The SMILES string of the molecule is C[C@@H]1CN(C(=O)[C@H]2CCNC(=O)C2)C[C@@H](C)N1. The molecule has 5 heteroatoms. The standard InChI is InChI=1S/C12H21N3O2/c1-8-6-15(7-9(2)14-8)12(17)10-3-4-13-11(16)5-10/h8-10,14H,3-7H2,1-2H3,(H,13,16)/t8-,9-,10+/m1/s1. The van der Waals surface area contributed by atoms with E-state index < -0.39 is 0 Å². The number of carbonyl (C=O) groups is 2. The van der Waals surface area contributed by atoms with Gasteiger partial charge in [-0.1, -0.05) is 0 Å². The topological polar surface area (TPSA) is 61.4 Å². The Morgan fingerprint density at radius 3 is 2.53 bits per heavy atom. The average molecular weight is 239 g/mol. The van der Waals surface area contributed by atoms with Crippen LogP contribution in [-0.4, -0.2) is 48.4 Å². The van der Waals surface area contributed by atoms with Gasteiger partial charge in [0, 0.05) is 44.1 Å². The molecule has 0 aromatic rings. The fraction of sp³-hybridized carbons (Fsp3) is 0.833. The molecule has 2 N–H and O–H groups in total. The van der Waals surface area contributed by atoms with Crippen molar-refractivity contribution >= 4 is 11.8 Å². The Morgan fingerprint density at radius 1 is 1.29 bits per heavy atom. The van der Waals surface area contributed by atoms with E-state index in [0.717, 1.165) is 19.5 Å². The molecular formula is C12H21N3O2. The summed E-state index contributed by atoms with van der Waals surface area (Å²) in [6.45, 7) is 6.31. The molecule has 2 aliphatic heterocycles. The second kappa shape index (κ2) is 5.04. The summed E-state index contributed by atoms with van der Waals surface area (Å²) in [6.07, 6.45) is 1.13. The van der Waals surface area contributed by atoms with Crippen molar-refractivity contribution in [2.75, 3.05) is 19.6 Å². The zero-order valence-electron chi connectivity index (χ0n) is 10.5. The molecule has 0 aromatic heterocycles. The van der Waals surface area contributed by atoms with E-state index in [-0.39, 0.29) is 17.7 Å². The Labute approximate surface area is 102 Å². The van der Waals surface area contributed by atoms with E-state index in [1.54, 1.807) is 0 Å². The summed E-state index contributed by atoms with van der Waals surface area (Å²) in [7, 11) is 0. The number of piperazine rings is 1. The molecule has 0 bridgehead atoms. The molecule has 2 aliphatic rings. The van der Waals surface area contributed by atoms with Crippen LogP contribution in [0, 0.1) is 5.92 Å². The Kier molecular flexibility index (Phi) is 3.66. The van der Waals surface area contributed by atoms with E-state index in [9.17, 15) is 9.59 Å². The van der Waals surface area contributed by atoms with Gasteiger partial charge in [0.15, 0.2) is 0 Å². The predicted molar refractivity (Wildman–Crippen MR) is 64.4 cm³/mol. The van der Waals surface area contributed by atoms with E-state index in [1.165, 1.54) is 0 Å². The maximum atomic E-state index is 12.3. The first-order valence-corrected chi connectivity index (χ1v) is 6.38. The van der Waals surface area contributed by atoms with E-state index >= 15 is 0 Å². The summed E-state index contributed by atoms with van der Waals surface area (Å²) >= 11 is 0. The van der Waals surface area contributed by atoms with Crippen LogP contribution in [0.5, 0.6) is 0 Å². The highest BCUT2D eigenvalue weighted by atomic mass is 16.2. The van der Waals surface area contributed by atoms with Crippen molar-refractivity contribution < 1.29 is 9.59 Å². The second-order valence-electron chi connectivity index (χ2n) is 5.25. The van der Waals surface area contributed by atoms with Gasteiger partial charge in [-0.2, -0.15) is 0 Å². The van der Waals surface area contributed by atoms with Crippen LogP contribution in [0.3, 0.4) is 0 Å². The molecule has 0 radical (unpaired) electrons. The van der Waals surface area contributed by atoms with Gasteiger partial charge in [0.2, 0.25) is 11.8 Å². The van der Waals surface area contributed by atoms with Gasteiger partial charge in [0.1, 0.15) is 0 Å².